The van der Waals surface area contributed by atoms with E-state index in [1.807, 2.05) is 55.6 Å². The Morgan fingerprint density at radius 3 is 1.97 bits per heavy atom. The zero-order valence-corrected chi connectivity index (χ0v) is 19.2. The van der Waals surface area contributed by atoms with E-state index >= 15 is 0 Å². The van der Waals surface area contributed by atoms with Crippen molar-refractivity contribution in [1.29, 1.82) is 0 Å². The third-order valence-electron chi connectivity index (χ3n) is 5.79. The lowest BCUT2D eigenvalue weighted by Gasteiger charge is -2.26. The van der Waals surface area contributed by atoms with E-state index in [4.69, 9.17) is 0 Å². The lowest BCUT2D eigenvalue weighted by Crippen LogP contribution is -2.41. The highest BCUT2D eigenvalue weighted by Gasteiger charge is 2.18. The van der Waals surface area contributed by atoms with Gasteiger partial charge in [0.1, 0.15) is 6.54 Å². The van der Waals surface area contributed by atoms with Crippen molar-refractivity contribution in [2.75, 3.05) is 20.1 Å². The van der Waals surface area contributed by atoms with E-state index < -0.39 is 0 Å². The number of H-pyrrole nitrogens is 1. The Hall–Kier alpha value is -3.97. The van der Waals surface area contributed by atoms with Gasteiger partial charge in [-0.2, -0.15) is 0 Å². The molecule has 0 aliphatic rings. The summed E-state index contributed by atoms with van der Waals surface area (Å²) in [5, 5.41) is 3.18. The number of nitrogens with one attached hydrogen (secondary N) is 1. The summed E-state index contributed by atoms with van der Waals surface area (Å²) < 4.78 is 1.11. The first kappa shape index (κ1) is 23.2. The number of aromatic amines is 1. The molecule has 1 heterocycles. The summed E-state index contributed by atoms with van der Waals surface area (Å²) in [6.07, 6.45) is 0. The van der Waals surface area contributed by atoms with Gasteiger partial charge in [0.2, 0.25) is 5.91 Å². The summed E-state index contributed by atoms with van der Waals surface area (Å²) in [6.45, 7) is 2.12. The van der Waals surface area contributed by atoms with Gasteiger partial charge in [-0.1, -0.05) is 72.8 Å². The van der Waals surface area contributed by atoms with Crippen LogP contribution in [0.2, 0.25) is 0 Å². The van der Waals surface area contributed by atoms with Crippen molar-refractivity contribution < 1.29 is 4.79 Å². The molecule has 0 saturated heterocycles. The Balaban J connectivity index is 1.52. The molecule has 4 rings (SSSR count). The number of likely N-dealkylation sites (N-methyl/N-ethyl adjacent to an activating group) is 1. The van der Waals surface area contributed by atoms with Gasteiger partial charge in [0.25, 0.3) is 11.1 Å². The fourth-order valence-electron chi connectivity index (χ4n) is 3.95. The van der Waals surface area contributed by atoms with Crippen LogP contribution in [0.3, 0.4) is 0 Å². The van der Waals surface area contributed by atoms with Crippen LogP contribution in [0.1, 0.15) is 11.1 Å². The summed E-state index contributed by atoms with van der Waals surface area (Å²) in [4.78, 5) is 42.5. The minimum Gasteiger partial charge on any atom is -0.335 e. The zero-order valence-electron chi connectivity index (χ0n) is 19.2. The highest BCUT2D eigenvalue weighted by Crippen LogP contribution is 2.08. The lowest BCUT2D eigenvalue weighted by atomic mass is 10.2. The smallest absolute Gasteiger partial charge is 0.273 e. The molecule has 0 radical (unpaired) electrons. The molecular formula is C27H28N4O3. The minimum atomic E-state index is -0.389. The van der Waals surface area contributed by atoms with Crippen LogP contribution in [0, 0.1) is 0 Å². The van der Waals surface area contributed by atoms with Crippen LogP contribution in [0.4, 0.5) is 0 Å². The molecule has 174 valence electrons. The van der Waals surface area contributed by atoms with Crippen LogP contribution in [-0.2, 0) is 24.4 Å². The predicted octanol–water partition coefficient (Wildman–Crippen LogP) is 2.85. The van der Waals surface area contributed by atoms with Gasteiger partial charge in [-0.25, -0.2) is 4.68 Å². The molecule has 0 spiro atoms. The molecule has 4 aromatic rings. The quantitative estimate of drug-likeness (QED) is 0.420. The van der Waals surface area contributed by atoms with E-state index in [2.05, 4.69) is 22.1 Å². The highest BCUT2D eigenvalue weighted by atomic mass is 16.2. The Morgan fingerprint density at radius 1 is 0.765 bits per heavy atom. The molecule has 0 atom stereocenters. The number of carbonyl (C=O) groups is 1. The first-order valence-electron chi connectivity index (χ1n) is 11.3. The Kier molecular flexibility index (Phi) is 7.34. The molecule has 0 unspecified atom stereocenters. The summed E-state index contributed by atoms with van der Waals surface area (Å²) in [6, 6.07) is 26.5. The molecule has 0 bridgehead atoms. The fraction of sp³-hybridized carbons (Fsp3) is 0.222. The summed E-state index contributed by atoms with van der Waals surface area (Å²) in [7, 11) is 2.02. The third-order valence-corrected chi connectivity index (χ3v) is 5.79. The van der Waals surface area contributed by atoms with Crippen LogP contribution in [0.25, 0.3) is 10.8 Å². The predicted molar refractivity (Wildman–Crippen MR) is 133 cm³/mol. The Morgan fingerprint density at radius 2 is 1.32 bits per heavy atom. The van der Waals surface area contributed by atoms with Crippen molar-refractivity contribution >= 4 is 16.7 Å². The van der Waals surface area contributed by atoms with E-state index in [1.165, 1.54) is 5.56 Å². The first-order chi connectivity index (χ1) is 16.5. The van der Waals surface area contributed by atoms with Gasteiger partial charge in [0.05, 0.1) is 10.8 Å². The van der Waals surface area contributed by atoms with E-state index in [-0.39, 0.29) is 23.6 Å². The molecular weight excluding hydrogens is 428 g/mol. The maximum Gasteiger partial charge on any atom is 0.273 e. The lowest BCUT2D eigenvalue weighted by molar-refractivity contribution is -0.133. The monoisotopic (exact) mass is 456 g/mol. The topological polar surface area (TPSA) is 78.4 Å². The van der Waals surface area contributed by atoms with Gasteiger partial charge in [-0.3, -0.25) is 19.5 Å². The van der Waals surface area contributed by atoms with Crippen molar-refractivity contribution in [3.8, 4) is 0 Å². The van der Waals surface area contributed by atoms with Crippen molar-refractivity contribution in [2.24, 2.45) is 0 Å². The second kappa shape index (κ2) is 10.8. The van der Waals surface area contributed by atoms with E-state index in [9.17, 15) is 14.4 Å². The molecule has 34 heavy (non-hydrogen) atoms. The fourth-order valence-corrected chi connectivity index (χ4v) is 3.95. The number of amides is 1. The number of fused-ring (bicyclic) bond motifs is 1. The number of carbonyl (C=O) groups excluding carboxylic acids is 1. The van der Waals surface area contributed by atoms with E-state index in [1.54, 1.807) is 29.2 Å². The van der Waals surface area contributed by atoms with Gasteiger partial charge >= 0.3 is 0 Å². The molecule has 1 N–H and O–H groups in total. The maximum atomic E-state index is 13.3. The van der Waals surface area contributed by atoms with Crippen LogP contribution < -0.4 is 11.1 Å². The maximum absolute atomic E-state index is 13.3. The number of aromatic nitrogens is 2. The van der Waals surface area contributed by atoms with Crippen LogP contribution in [-0.4, -0.2) is 45.6 Å². The minimum absolute atomic E-state index is 0.228. The average Bonchev–Trinajstić information content (AvgIpc) is 2.86. The Bertz CT molecular complexity index is 1360. The molecule has 7 heteroatoms. The Labute approximate surface area is 197 Å². The van der Waals surface area contributed by atoms with Gasteiger partial charge in [0.15, 0.2) is 0 Å². The van der Waals surface area contributed by atoms with Crippen molar-refractivity contribution in [2.45, 2.75) is 19.6 Å². The normalized spacial score (nSPS) is 11.1. The third kappa shape index (κ3) is 5.68. The second-order valence-electron chi connectivity index (χ2n) is 8.40. The number of hydrogen-bond donors (Lipinski definition) is 1. The first-order valence-corrected chi connectivity index (χ1v) is 11.3. The molecule has 0 saturated carbocycles. The largest absolute Gasteiger partial charge is 0.335 e. The van der Waals surface area contributed by atoms with Crippen molar-refractivity contribution in [1.82, 2.24) is 19.6 Å². The summed E-state index contributed by atoms with van der Waals surface area (Å²) in [5.74, 6) is -0.231. The average molecular weight is 457 g/mol. The molecule has 1 amide bonds. The van der Waals surface area contributed by atoms with Gasteiger partial charge < -0.3 is 9.80 Å². The van der Waals surface area contributed by atoms with Gasteiger partial charge in [-0.05, 0) is 30.3 Å². The number of nitrogens with zero attached hydrogens (tertiary/aromatic N) is 3. The standard InChI is InChI=1S/C27H28N4O3/c1-29(18-21-10-4-2-5-11-21)16-17-30(19-22-12-6-3-7-13-22)25(32)20-31-27(34)24-15-9-8-14-23(24)26(33)28-31/h2-15H,16-20H2,1H3,(H,28,33). The van der Waals surface area contributed by atoms with Crippen LogP contribution in [0.5, 0.6) is 0 Å². The molecule has 0 aliphatic heterocycles. The second-order valence-corrected chi connectivity index (χ2v) is 8.40. The number of benzene rings is 3. The molecule has 3 aromatic carbocycles. The summed E-state index contributed by atoms with van der Waals surface area (Å²) in [5.41, 5.74) is 1.43. The van der Waals surface area contributed by atoms with Gasteiger partial charge in [0, 0.05) is 26.2 Å². The molecule has 0 aliphatic carbocycles. The molecule has 1 aromatic heterocycles. The van der Waals surface area contributed by atoms with Gasteiger partial charge in [-0.15, -0.1) is 0 Å². The van der Waals surface area contributed by atoms with Crippen LogP contribution in [0.15, 0.2) is 94.5 Å². The van der Waals surface area contributed by atoms with Crippen molar-refractivity contribution in [3.63, 3.8) is 0 Å². The number of rotatable bonds is 9. The van der Waals surface area contributed by atoms with E-state index in [0.717, 1.165) is 16.8 Å². The number of hydrogen-bond acceptors (Lipinski definition) is 4. The zero-order chi connectivity index (χ0) is 23.9. The van der Waals surface area contributed by atoms with Crippen molar-refractivity contribution in [3.05, 3.63) is 117 Å². The SMILES string of the molecule is CN(CCN(Cc1ccccc1)C(=O)Cn1[nH]c(=O)c2ccccc2c1=O)Cc1ccccc1. The molecule has 7 nitrogen and oxygen atoms in total. The summed E-state index contributed by atoms with van der Waals surface area (Å²) >= 11 is 0. The van der Waals surface area contributed by atoms with E-state index in [0.29, 0.717) is 30.4 Å². The molecule has 0 fully saturated rings. The highest BCUT2D eigenvalue weighted by molar-refractivity contribution is 5.81. The van der Waals surface area contributed by atoms with Crippen LogP contribution >= 0.6 is 0 Å².